The minimum Gasteiger partial charge on any atom is -0.478 e. The Hall–Kier alpha value is -2.10. The first-order valence-electron chi connectivity index (χ1n) is 6.74. The molecule has 0 bridgehead atoms. The molecule has 20 heavy (non-hydrogen) atoms. The molecule has 0 spiro atoms. The van der Waals surface area contributed by atoms with Crippen molar-refractivity contribution in [3.8, 4) is 0 Å². The molecule has 1 aromatic carbocycles. The third kappa shape index (κ3) is 3.95. The van der Waals surface area contributed by atoms with Gasteiger partial charge >= 0.3 is 5.97 Å². The lowest BCUT2D eigenvalue weighted by Gasteiger charge is -2.17. The van der Waals surface area contributed by atoms with E-state index in [0.717, 1.165) is 23.7 Å². The number of aliphatic carboxylic acids is 1. The van der Waals surface area contributed by atoms with Gasteiger partial charge in [0.05, 0.1) is 0 Å². The van der Waals surface area contributed by atoms with E-state index in [1.54, 1.807) is 11.0 Å². The van der Waals surface area contributed by atoms with E-state index in [4.69, 9.17) is 5.11 Å². The normalized spacial score (nSPS) is 14.5. The van der Waals surface area contributed by atoms with E-state index in [9.17, 15) is 9.59 Å². The van der Waals surface area contributed by atoms with Crippen molar-refractivity contribution in [2.75, 3.05) is 13.6 Å². The van der Waals surface area contributed by atoms with Gasteiger partial charge < -0.3 is 10.0 Å². The van der Waals surface area contributed by atoms with Crippen LogP contribution in [0.25, 0.3) is 6.08 Å². The van der Waals surface area contributed by atoms with Crippen molar-refractivity contribution < 1.29 is 14.7 Å². The van der Waals surface area contributed by atoms with Crippen molar-refractivity contribution in [2.24, 2.45) is 5.92 Å². The van der Waals surface area contributed by atoms with Crippen molar-refractivity contribution in [3.63, 3.8) is 0 Å². The van der Waals surface area contributed by atoms with Crippen molar-refractivity contribution in [1.29, 1.82) is 0 Å². The first-order valence-corrected chi connectivity index (χ1v) is 6.74. The number of hydrogen-bond acceptors (Lipinski definition) is 2. The van der Waals surface area contributed by atoms with Gasteiger partial charge in [-0.3, -0.25) is 4.79 Å². The second kappa shape index (κ2) is 5.90. The summed E-state index contributed by atoms with van der Waals surface area (Å²) in [7, 11) is 1.82. The van der Waals surface area contributed by atoms with Crippen molar-refractivity contribution in [2.45, 2.75) is 19.8 Å². The van der Waals surface area contributed by atoms with Crippen LogP contribution in [0.3, 0.4) is 0 Å². The zero-order chi connectivity index (χ0) is 14.7. The molecule has 0 saturated heterocycles. The zero-order valence-corrected chi connectivity index (χ0v) is 11.8. The van der Waals surface area contributed by atoms with Crippen LogP contribution >= 0.6 is 0 Å². The fourth-order valence-corrected chi connectivity index (χ4v) is 2.19. The van der Waals surface area contributed by atoms with Gasteiger partial charge in [-0.25, -0.2) is 4.79 Å². The van der Waals surface area contributed by atoms with Crippen LogP contribution in [0.5, 0.6) is 0 Å². The number of benzene rings is 1. The SMILES string of the molecule is Cc1cc(/C=C/C(=O)O)cc(C(=O)N(C)CC2CC2)c1. The second-order valence-electron chi connectivity index (χ2n) is 5.43. The molecule has 1 N–H and O–H groups in total. The molecule has 1 aliphatic rings. The zero-order valence-electron chi connectivity index (χ0n) is 11.8. The number of carbonyl (C=O) groups excluding carboxylic acids is 1. The van der Waals surface area contributed by atoms with Crippen LogP contribution in [0, 0.1) is 12.8 Å². The monoisotopic (exact) mass is 273 g/mol. The highest BCUT2D eigenvalue weighted by Gasteiger charge is 2.25. The summed E-state index contributed by atoms with van der Waals surface area (Å²) in [5.41, 5.74) is 2.29. The number of rotatable bonds is 5. The molecule has 106 valence electrons. The number of hydrogen-bond donors (Lipinski definition) is 1. The van der Waals surface area contributed by atoms with Crippen molar-refractivity contribution in [1.82, 2.24) is 4.90 Å². The molecular weight excluding hydrogens is 254 g/mol. The first kappa shape index (κ1) is 14.3. The van der Waals surface area contributed by atoms with Crippen LogP contribution in [0.15, 0.2) is 24.3 Å². The average molecular weight is 273 g/mol. The molecule has 1 fully saturated rings. The van der Waals surface area contributed by atoms with Gasteiger partial charge in [0.1, 0.15) is 0 Å². The molecule has 0 aliphatic heterocycles. The lowest BCUT2D eigenvalue weighted by molar-refractivity contribution is -0.131. The number of nitrogens with zero attached hydrogens (tertiary/aromatic N) is 1. The number of carboxylic acid groups (broad SMARTS) is 1. The minimum absolute atomic E-state index is 0.00873. The number of carbonyl (C=O) groups is 2. The molecule has 2 rings (SSSR count). The highest BCUT2D eigenvalue weighted by atomic mass is 16.4. The third-order valence-electron chi connectivity index (χ3n) is 3.34. The van der Waals surface area contributed by atoms with E-state index in [-0.39, 0.29) is 5.91 Å². The molecular formula is C16H19NO3. The Morgan fingerprint density at radius 1 is 1.35 bits per heavy atom. The minimum atomic E-state index is -0.995. The Balaban J connectivity index is 2.17. The summed E-state index contributed by atoms with van der Waals surface area (Å²) in [6.07, 6.45) is 5.00. The quantitative estimate of drug-likeness (QED) is 0.839. The Labute approximate surface area is 118 Å². The predicted molar refractivity (Wildman–Crippen MR) is 77.5 cm³/mol. The topological polar surface area (TPSA) is 57.6 Å². The van der Waals surface area contributed by atoms with E-state index in [1.807, 2.05) is 26.1 Å². The maximum Gasteiger partial charge on any atom is 0.328 e. The molecule has 0 radical (unpaired) electrons. The fraction of sp³-hybridized carbons (Fsp3) is 0.375. The standard InChI is InChI=1S/C16H19NO3/c1-11-7-13(5-6-15(18)19)9-14(8-11)16(20)17(2)10-12-3-4-12/h5-9,12H,3-4,10H2,1-2H3,(H,18,19)/b6-5+. The molecule has 1 aromatic rings. The Bertz CT molecular complexity index is 559. The maximum atomic E-state index is 12.3. The molecule has 1 saturated carbocycles. The molecule has 4 heteroatoms. The summed E-state index contributed by atoms with van der Waals surface area (Å²) in [5.74, 6) is -0.351. The van der Waals surface area contributed by atoms with E-state index < -0.39 is 5.97 Å². The molecule has 1 amide bonds. The van der Waals surface area contributed by atoms with Crippen LogP contribution < -0.4 is 0 Å². The summed E-state index contributed by atoms with van der Waals surface area (Å²) in [6, 6.07) is 5.43. The van der Waals surface area contributed by atoms with Gasteiger partial charge in [0, 0.05) is 25.2 Å². The summed E-state index contributed by atoms with van der Waals surface area (Å²) in [5, 5.41) is 8.65. The summed E-state index contributed by atoms with van der Waals surface area (Å²) in [6.45, 7) is 2.70. The van der Waals surface area contributed by atoms with E-state index in [2.05, 4.69) is 0 Å². The highest BCUT2D eigenvalue weighted by molar-refractivity contribution is 5.95. The molecule has 1 aliphatic carbocycles. The second-order valence-corrected chi connectivity index (χ2v) is 5.43. The van der Waals surface area contributed by atoms with Crippen molar-refractivity contribution in [3.05, 3.63) is 41.0 Å². The number of aryl methyl sites for hydroxylation is 1. The summed E-state index contributed by atoms with van der Waals surface area (Å²) >= 11 is 0. The van der Waals surface area contributed by atoms with Gasteiger partial charge in [-0.15, -0.1) is 0 Å². The Kier molecular flexibility index (Phi) is 4.23. The van der Waals surface area contributed by atoms with Crippen LogP contribution in [0.4, 0.5) is 0 Å². The van der Waals surface area contributed by atoms with Crippen LogP contribution in [-0.4, -0.2) is 35.5 Å². The number of carboxylic acids is 1. The third-order valence-corrected chi connectivity index (χ3v) is 3.34. The summed E-state index contributed by atoms with van der Waals surface area (Å²) < 4.78 is 0. The largest absolute Gasteiger partial charge is 0.478 e. The Morgan fingerprint density at radius 2 is 2.05 bits per heavy atom. The van der Waals surface area contributed by atoms with E-state index >= 15 is 0 Å². The molecule has 4 nitrogen and oxygen atoms in total. The average Bonchev–Trinajstić information content (AvgIpc) is 3.18. The fourth-order valence-electron chi connectivity index (χ4n) is 2.19. The van der Waals surface area contributed by atoms with Gasteiger partial charge in [0.25, 0.3) is 5.91 Å². The molecule has 0 unspecified atom stereocenters. The van der Waals surface area contributed by atoms with Crippen LogP contribution in [-0.2, 0) is 4.79 Å². The predicted octanol–water partition coefficient (Wildman–Crippen LogP) is 2.57. The van der Waals surface area contributed by atoms with E-state index in [0.29, 0.717) is 11.5 Å². The lowest BCUT2D eigenvalue weighted by atomic mass is 10.0. The molecule has 0 atom stereocenters. The Morgan fingerprint density at radius 3 is 2.65 bits per heavy atom. The van der Waals surface area contributed by atoms with Gasteiger partial charge in [0.15, 0.2) is 0 Å². The molecule has 0 aromatic heterocycles. The van der Waals surface area contributed by atoms with Gasteiger partial charge in [-0.1, -0.05) is 6.07 Å². The van der Waals surface area contributed by atoms with Crippen LogP contribution in [0.1, 0.15) is 34.3 Å². The number of amides is 1. The first-order chi connectivity index (χ1) is 9.45. The maximum absolute atomic E-state index is 12.3. The lowest BCUT2D eigenvalue weighted by Crippen LogP contribution is -2.28. The smallest absolute Gasteiger partial charge is 0.328 e. The van der Waals surface area contributed by atoms with Crippen LogP contribution in [0.2, 0.25) is 0 Å². The summed E-state index contributed by atoms with van der Waals surface area (Å²) in [4.78, 5) is 24.6. The van der Waals surface area contributed by atoms with Gasteiger partial charge in [0.2, 0.25) is 0 Å². The van der Waals surface area contributed by atoms with Crippen molar-refractivity contribution >= 4 is 18.0 Å². The molecule has 0 heterocycles. The van der Waals surface area contributed by atoms with E-state index in [1.165, 1.54) is 18.9 Å². The van der Waals surface area contributed by atoms with Gasteiger partial charge in [-0.2, -0.15) is 0 Å². The highest BCUT2D eigenvalue weighted by Crippen LogP contribution is 2.29. The van der Waals surface area contributed by atoms with Gasteiger partial charge in [-0.05, 0) is 55.0 Å².